The van der Waals surface area contributed by atoms with Gasteiger partial charge in [0.1, 0.15) is 0 Å². The molecular weight excluding hydrogens is 206 g/mol. The average Bonchev–Trinajstić information content (AvgIpc) is 2.25. The SMILES string of the molecule is COC(=O)CCc1cccc(CC(N)=O)c1. The van der Waals surface area contributed by atoms with E-state index in [4.69, 9.17) is 5.73 Å². The zero-order valence-corrected chi connectivity index (χ0v) is 9.23. The van der Waals surface area contributed by atoms with Gasteiger partial charge in [0, 0.05) is 6.42 Å². The Kier molecular flexibility index (Phi) is 4.51. The zero-order chi connectivity index (χ0) is 12.0. The number of benzene rings is 1. The maximum absolute atomic E-state index is 11.0. The summed E-state index contributed by atoms with van der Waals surface area (Å²) in [5.74, 6) is -0.592. The average molecular weight is 221 g/mol. The van der Waals surface area contributed by atoms with Crippen molar-refractivity contribution < 1.29 is 14.3 Å². The summed E-state index contributed by atoms with van der Waals surface area (Å²) in [7, 11) is 1.37. The van der Waals surface area contributed by atoms with Crippen molar-refractivity contribution in [3.63, 3.8) is 0 Å². The van der Waals surface area contributed by atoms with Gasteiger partial charge in [0.05, 0.1) is 13.5 Å². The van der Waals surface area contributed by atoms with Crippen LogP contribution in [0, 0.1) is 0 Å². The van der Waals surface area contributed by atoms with E-state index in [1.807, 2.05) is 24.3 Å². The van der Waals surface area contributed by atoms with Crippen LogP contribution in [0.1, 0.15) is 17.5 Å². The molecule has 2 N–H and O–H groups in total. The number of primary amides is 1. The number of ether oxygens (including phenoxy) is 1. The standard InChI is InChI=1S/C12H15NO3/c1-16-12(15)6-5-9-3-2-4-10(7-9)8-11(13)14/h2-4,7H,5-6,8H2,1H3,(H2,13,14). The molecule has 0 heterocycles. The number of esters is 1. The number of amides is 1. The molecule has 0 aliphatic carbocycles. The third-order valence-corrected chi connectivity index (χ3v) is 2.22. The fourth-order valence-corrected chi connectivity index (χ4v) is 1.44. The van der Waals surface area contributed by atoms with E-state index < -0.39 is 0 Å². The van der Waals surface area contributed by atoms with Crippen molar-refractivity contribution in [3.8, 4) is 0 Å². The molecule has 1 aromatic carbocycles. The molecule has 0 spiro atoms. The van der Waals surface area contributed by atoms with Gasteiger partial charge in [-0.05, 0) is 17.5 Å². The second-order valence-electron chi connectivity index (χ2n) is 3.54. The Hall–Kier alpha value is -1.84. The third kappa shape index (κ3) is 4.13. The fourth-order valence-electron chi connectivity index (χ4n) is 1.44. The Labute approximate surface area is 94.4 Å². The summed E-state index contributed by atoms with van der Waals surface area (Å²) in [6.07, 6.45) is 1.18. The van der Waals surface area contributed by atoms with Gasteiger partial charge in [-0.3, -0.25) is 9.59 Å². The largest absolute Gasteiger partial charge is 0.469 e. The smallest absolute Gasteiger partial charge is 0.305 e. The van der Waals surface area contributed by atoms with Gasteiger partial charge in [0.15, 0.2) is 0 Å². The summed E-state index contributed by atoms with van der Waals surface area (Å²) >= 11 is 0. The maximum atomic E-state index is 11.0. The number of aryl methyl sites for hydroxylation is 1. The van der Waals surface area contributed by atoms with Gasteiger partial charge >= 0.3 is 5.97 Å². The third-order valence-electron chi connectivity index (χ3n) is 2.22. The Balaban J connectivity index is 2.60. The molecule has 0 radical (unpaired) electrons. The predicted octanol–water partition coefficient (Wildman–Crippen LogP) is 0.820. The first-order chi connectivity index (χ1) is 7.61. The molecule has 4 heteroatoms. The molecule has 0 unspecified atom stereocenters. The highest BCUT2D eigenvalue weighted by molar-refractivity contribution is 5.76. The van der Waals surface area contributed by atoms with Crippen LogP contribution in [0.2, 0.25) is 0 Å². The van der Waals surface area contributed by atoms with Crippen LogP contribution >= 0.6 is 0 Å². The second-order valence-corrected chi connectivity index (χ2v) is 3.54. The van der Waals surface area contributed by atoms with Gasteiger partial charge in [0.2, 0.25) is 5.91 Å². The molecule has 0 aromatic heterocycles. The lowest BCUT2D eigenvalue weighted by molar-refractivity contribution is -0.140. The quantitative estimate of drug-likeness (QED) is 0.748. The van der Waals surface area contributed by atoms with Crippen molar-refractivity contribution in [1.29, 1.82) is 0 Å². The van der Waals surface area contributed by atoms with Gasteiger partial charge in [-0.15, -0.1) is 0 Å². The number of carbonyl (C=O) groups is 2. The van der Waals surface area contributed by atoms with Crippen LogP contribution in [0.25, 0.3) is 0 Å². The van der Waals surface area contributed by atoms with Crippen molar-refractivity contribution in [2.45, 2.75) is 19.3 Å². The molecule has 16 heavy (non-hydrogen) atoms. The molecular formula is C12H15NO3. The van der Waals surface area contributed by atoms with E-state index in [2.05, 4.69) is 4.74 Å². The molecule has 0 aliphatic rings. The Morgan fingerprint density at radius 2 is 2.00 bits per heavy atom. The molecule has 0 fully saturated rings. The number of methoxy groups -OCH3 is 1. The van der Waals surface area contributed by atoms with Crippen LogP contribution in [0.5, 0.6) is 0 Å². The van der Waals surface area contributed by atoms with Crippen molar-refractivity contribution in [2.75, 3.05) is 7.11 Å². The fraction of sp³-hybridized carbons (Fsp3) is 0.333. The van der Waals surface area contributed by atoms with E-state index in [1.165, 1.54) is 7.11 Å². The van der Waals surface area contributed by atoms with Crippen molar-refractivity contribution in [2.24, 2.45) is 5.73 Å². The van der Waals surface area contributed by atoms with E-state index in [9.17, 15) is 9.59 Å². The van der Waals surface area contributed by atoms with Gasteiger partial charge in [-0.25, -0.2) is 0 Å². The van der Waals surface area contributed by atoms with Crippen LogP contribution in [-0.4, -0.2) is 19.0 Å². The van der Waals surface area contributed by atoms with Gasteiger partial charge in [-0.2, -0.15) is 0 Å². The summed E-state index contributed by atoms with van der Waals surface area (Å²) in [6, 6.07) is 7.48. The van der Waals surface area contributed by atoms with Gasteiger partial charge in [0.25, 0.3) is 0 Å². The number of carbonyl (C=O) groups excluding carboxylic acids is 2. The van der Waals surface area contributed by atoms with Crippen LogP contribution in [0.3, 0.4) is 0 Å². The normalized spacial score (nSPS) is 9.81. The first-order valence-electron chi connectivity index (χ1n) is 5.04. The molecule has 1 amide bonds. The summed E-state index contributed by atoms with van der Waals surface area (Å²) in [4.78, 5) is 21.7. The molecule has 0 bridgehead atoms. The summed E-state index contributed by atoms with van der Waals surface area (Å²) < 4.78 is 4.55. The molecule has 0 atom stereocenters. The van der Waals surface area contributed by atoms with E-state index in [0.29, 0.717) is 12.8 Å². The summed E-state index contributed by atoms with van der Waals surface area (Å²) in [5.41, 5.74) is 6.98. The van der Waals surface area contributed by atoms with E-state index in [-0.39, 0.29) is 18.3 Å². The minimum atomic E-state index is -0.356. The van der Waals surface area contributed by atoms with Crippen molar-refractivity contribution >= 4 is 11.9 Å². The molecule has 1 rings (SSSR count). The number of hydrogen-bond acceptors (Lipinski definition) is 3. The molecule has 0 aliphatic heterocycles. The highest BCUT2D eigenvalue weighted by atomic mass is 16.5. The lowest BCUT2D eigenvalue weighted by Crippen LogP contribution is -2.13. The van der Waals surface area contributed by atoms with Gasteiger partial charge in [-0.1, -0.05) is 24.3 Å². The molecule has 4 nitrogen and oxygen atoms in total. The zero-order valence-electron chi connectivity index (χ0n) is 9.23. The second kappa shape index (κ2) is 5.90. The number of nitrogens with two attached hydrogens (primary N) is 1. The first kappa shape index (κ1) is 12.2. The number of rotatable bonds is 5. The minimum absolute atomic E-state index is 0.228. The van der Waals surface area contributed by atoms with E-state index >= 15 is 0 Å². The van der Waals surface area contributed by atoms with E-state index in [0.717, 1.165) is 11.1 Å². The Morgan fingerprint density at radius 1 is 1.31 bits per heavy atom. The first-order valence-corrected chi connectivity index (χ1v) is 5.04. The topological polar surface area (TPSA) is 69.4 Å². The molecule has 86 valence electrons. The number of hydrogen-bond donors (Lipinski definition) is 1. The maximum Gasteiger partial charge on any atom is 0.305 e. The van der Waals surface area contributed by atoms with Crippen molar-refractivity contribution in [1.82, 2.24) is 0 Å². The van der Waals surface area contributed by atoms with Crippen LogP contribution < -0.4 is 5.73 Å². The van der Waals surface area contributed by atoms with Gasteiger partial charge < -0.3 is 10.5 Å². The molecule has 0 saturated carbocycles. The van der Waals surface area contributed by atoms with Crippen LogP contribution in [-0.2, 0) is 27.2 Å². The summed E-state index contributed by atoms with van der Waals surface area (Å²) in [5, 5.41) is 0. The highest BCUT2D eigenvalue weighted by Crippen LogP contribution is 2.08. The molecule has 0 saturated heterocycles. The Morgan fingerprint density at radius 3 is 2.62 bits per heavy atom. The molecule has 1 aromatic rings. The van der Waals surface area contributed by atoms with Crippen molar-refractivity contribution in [3.05, 3.63) is 35.4 Å². The van der Waals surface area contributed by atoms with Crippen LogP contribution in [0.4, 0.5) is 0 Å². The Bertz CT molecular complexity index is 388. The predicted molar refractivity (Wildman–Crippen MR) is 59.7 cm³/mol. The lowest BCUT2D eigenvalue weighted by atomic mass is 10.0. The monoisotopic (exact) mass is 221 g/mol. The highest BCUT2D eigenvalue weighted by Gasteiger charge is 2.03. The van der Waals surface area contributed by atoms with E-state index in [1.54, 1.807) is 0 Å². The van der Waals surface area contributed by atoms with Crippen LogP contribution in [0.15, 0.2) is 24.3 Å². The minimum Gasteiger partial charge on any atom is -0.469 e. The summed E-state index contributed by atoms with van der Waals surface area (Å²) in [6.45, 7) is 0. The lowest BCUT2D eigenvalue weighted by Gasteiger charge is -2.03.